The van der Waals surface area contributed by atoms with Gasteiger partial charge in [0.05, 0.1) is 22.0 Å². The summed E-state index contributed by atoms with van der Waals surface area (Å²) < 4.78 is 5.78. The van der Waals surface area contributed by atoms with Gasteiger partial charge in [0.1, 0.15) is 5.82 Å². The number of esters is 1. The van der Waals surface area contributed by atoms with Gasteiger partial charge in [-0.2, -0.15) is 0 Å². The van der Waals surface area contributed by atoms with Gasteiger partial charge >= 0.3 is 5.97 Å². The molecule has 0 bridgehead atoms. The highest BCUT2D eigenvalue weighted by Crippen LogP contribution is 2.53. The van der Waals surface area contributed by atoms with E-state index in [4.69, 9.17) is 16.3 Å². The molecule has 1 saturated carbocycles. The lowest BCUT2D eigenvalue weighted by atomic mass is 9.62. The molecule has 21 heavy (non-hydrogen) atoms. The van der Waals surface area contributed by atoms with E-state index < -0.39 is 0 Å². The Hall–Kier alpha value is -0.810. The average Bonchev–Trinajstić information content (AvgIpc) is 2.85. The topological polar surface area (TPSA) is 51.2 Å². The molecule has 1 spiro atoms. The number of hydrogen-bond acceptors (Lipinski definition) is 4. The zero-order valence-electron chi connectivity index (χ0n) is 12.1. The average molecular weight is 374 g/mol. The van der Waals surface area contributed by atoms with Gasteiger partial charge in [0, 0.05) is 23.7 Å². The summed E-state index contributed by atoms with van der Waals surface area (Å²) in [7, 11) is 1.46. The number of nitrogens with one attached hydrogen (secondary N) is 1. The van der Waals surface area contributed by atoms with E-state index in [0.717, 1.165) is 53.1 Å². The second kappa shape index (κ2) is 5.13. The van der Waals surface area contributed by atoms with Crippen molar-refractivity contribution in [3.63, 3.8) is 0 Å². The van der Waals surface area contributed by atoms with Crippen molar-refractivity contribution < 1.29 is 9.53 Å². The molecule has 0 unspecified atom stereocenters. The van der Waals surface area contributed by atoms with Crippen molar-refractivity contribution in [1.82, 2.24) is 4.98 Å². The van der Waals surface area contributed by atoms with E-state index in [1.54, 1.807) is 6.20 Å². The van der Waals surface area contributed by atoms with Crippen molar-refractivity contribution in [1.29, 1.82) is 0 Å². The van der Waals surface area contributed by atoms with Gasteiger partial charge in [0.2, 0.25) is 0 Å². The molecule has 1 aliphatic heterocycles. The van der Waals surface area contributed by atoms with E-state index in [1.807, 2.05) is 6.92 Å². The minimum absolute atomic E-state index is 0.0171. The fourth-order valence-corrected chi connectivity index (χ4v) is 4.22. The Kier molecular flexibility index (Phi) is 3.69. The summed E-state index contributed by atoms with van der Waals surface area (Å²) in [5, 5.41) is 4.11. The summed E-state index contributed by atoms with van der Waals surface area (Å²) in [6.07, 6.45) is 5.18. The normalized spacial score (nSPS) is 30.9. The third-order valence-corrected chi connectivity index (χ3v) is 6.31. The maximum absolute atomic E-state index is 12.0. The first kappa shape index (κ1) is 15.1. The van der Waals surface area contributed by atoms with E-state index in [-0.39, 0.29) is 16.8 Å². The molecule has 6 heteroatoms. The number of methoxy groups -OCH3 is 1. The van der Waals surface area contributed by atoms with Crippen LogP contribution in [0.2, 0.25) is 5.02 Å². The van der Waals surface area contributed by atoms with Crippen LogP contribution in [0.25, 0.3) is 0 Å². The lowest BCUT2D eigenvalue weighted by molar-refractivity contribution is -0.154. The standard InChI is InChI=1S/C15H18BrClN2O2/c1-14(13(20)21-2)3-5-15(6-4-14)8-19-12-10(15)11(17)9(16)7-18-12/h7H,3-6,8H2,1-2H3,(H,18,19)/t14-,15+. The number of halogens is 2. The molecule has 114 valence electrons. The van der Waals surface area contributed by atoms with Crippen molar-refractivity contribution in [3.05, 3.63) is 21.3 Å². The molecule has 3 rings (SSSR count). The lowest BCUT2D eigenvalue weighted by Crippen LogP contribution is -2.41. The first-order chi connectivity index (χ1) is 9.92. The number of ether oxygens (including phenoxy) is 1. The molecule has 0 amide bonds. The van der Waals surface area contributed by atoms with Gasteiger partial charge in [-0.25, -0.2) is 4.98 Å². The molecule has 0 saturated heterocycles. The Morgan fingerprint density at radius 1 is 1.43 bits per heavy atom. The highest BCUT2D eigenvalue weighted by Gasteiger charge is 2.49. The second-order valence-electron chi connectivity index (χ2n) is 6.33. The van der Waals surface area contributed by atoms with Crippen molar-refractivity contribution >= 4 is 39.3 Å². The maximum Gasteiger partial charge on any atom is 0.311 e. The van der Waals surface area contributed by atoms with Crippen LogP contribution < -0.4 is 5.32 Å². The van der Waals surface area contributed by atoms with Crippen LogP contribution in [0.4, 0.5) is 5.82 Å². The Bertz CT molecular complexity index is 598. The molecule has 4 nitrogen and oxygen atoms in total. The molecule has 1 aromatic rings. The van der Waals surface area contributed by atoms with Gasteiger partial charge in [-0.1, -0.05) is 11.6 Å². The highest BCUT2D eigenvalue weighted by atomic mass is 79.9. The van der Waals surface area contributed by atoms with Crippen LogP contribution >= 0.6 is 27.5 Å². The Morgan fingerprint density at radius 2 is 2.10 bits per heavy atom. The van der Waals surface area contributed by atoms with Crippen LogP contribution in [0.15, 0.2) is 10.7 Å². The molecule has 2 heterocycles. The SMILES string of the molecule is COC(=O)[C@]1(C)CC[C@]2(CC1)CNc1ncc(Br)c(Cl)c12. The number of pyridine rings is 1. The number of nitrogens with zero attached hydrogens (tertiary/aromatic N) is 1. The van der Waals surface area contributed by atoms with Gasteiger partial charge in [0.25, 0.3) is 0 Å². The van der Waals surface area contributed by atoms with Crippen molar-refractivity contribution in [2.75, 3.05) is 19.0 Å². The van der Waals surface area contributed by atoms with Gasteiger partial charge in [0.15, 0.2) is 0 Å². The van der Waals surface area contributed by atoms with E-state index in [1.165, 1.54) is 7.11 Å². The number of anilines is 1. The number of fused-ring (bicyclic) bond motifs is 2. The first-order valence-corrected chi connectivity index (χ1v) is 8.26. The Balaban J connectivity index is 1.92. The van der Waals surface area contributed by atoms with Crippen molar-refractivity contribution in [3.8, 4) is 0 Å². The number of carbonyl (C=O) groups is 1. The van der Waals surface area contributed by atoms with Crippen molar-refractivity contribution in [2.24, 2.45) is 5.41 Å². The quantitative estimate of drug-likeness (QED) is 0.758. The summed E-state index contributed by atoms with van der Waals surface area (Å²) >= 11 is 9.96. The molecule has 1 aliphatic carbocycles. The van der Waals surface area contributed by atoms with Crippen LogP contribution in [-0.2, 0) is 14.9 Å². The highest BCUT2D eigenvalue weighted by molar-refractivity contribution is 9.10. The molecule has 2 aliphatic rings. The fourth-order valence-electron chi connectivity index (χ4n) is 3.58. The second-order valence-corrected chi connectivity index (χ2v) is 7.56. The predicted molar refractivity (Wildman–Crippen MR) is 85.7 cm³/mol. The first-order valence-electron chi connectivity index (χ1n) is 7.09. The monoisotopic (exact) mass is 372 g/mol. The number of rotatable bonds is 1. The molecule has 1 aromatic heterocycles. The van der Waals surface area contributed by atoms with Crippen LogP contribution in [0.5, 0.6) is 0 Å². The minimum Gasteiger partial charge on any atom is -0.469 e. The van der Waals surface area contributed by atoms with Crippen LogP contribution in [0.3, 0.4) is 0 Å². The van der Waals surface area contributed by atoms with Crippen LogP contribution in [0, 0.1) is 5.41 Å². The van der Waals surface area contributed by atoms with Crippen molar-refractivity contribution in [2.45, 2.75) is 38.0 Å². The zero-order chi connectivity index (χ0) is 15.3. The molecule has 1 fully saturated rings. The molecular formula is C15H18BrClN2O2. The van der Waals surface area contributed by atoms with Crippen LogP contribution in [0.1, 0.15) is 38.2 Å². The van der Waals surface area contributed by atoms with E-state index >= 15 is 0 Å². The number of hydrogen-bond donors (Lipinski definition) is 1. The fraction of sp³-hybridized carbons (Fsp3) is 0.600. The third kappa shape index (κ3) is 2.25. The van der Waals surface area contributed by atoms with E-state index in [9.17, 15) is 4.79 Å². The van der Waals surface area contributed by atoms with Crippen LogP contribution in [-0.4, -0.2) is 24.6 Å². The smallest absolute Gasteiger partial charge is 0.311 e. The molecule has 0 aromatic carbocycles. The lowest BCUT2D eigenvalue weighted by Gasteiger charge is -2.41. The maximum atomic E-state index is 12.0. The summed E-state index contributed by atoms with van der Waals surface area (Å²) in [6, 6.07) is 0. The minimum atomic E-state index is -0.380. The number of carbonyl (C=O) groups excluding carboxylic acids is 1. The molecular weight excluding hydrogens is 356 g/mol. The largest absolute Gasteiger partial charge is 0.469 e. The van der Waals surface area contributed by atoms with Gasteiger partial charge in [-0.15, -0.1) is 0 Å². The van der Waals surface area contributed by atoms with Gasteiger partial charge in [-0.05, 0) is 48.5 Å². The third-order valence-electron chi connectivity index (χ3n) is 5.09. The van der Waals surface area contributed by atoms with E-state index in [2.05, 4.69) is 26.2 Å². The summed E-state index contributed by atoms with van der Waals surface area (Å²) in [6.45, 7) is 2.83. The summed E-state index contributed by atoms with van der Waals surface area (Å²) in [5.74, 6) is 0.770. The number of aromatic nitrogens is 1. The Morgan fingerprint density at radius 3 is 2.71 bits per heavy atom. The summed E-state index contributed by atoms with van der Waals surface area (Å²) in [5.41, 5.74) is 0.705. The molecule has 0 atom stereocenters. The summed E-state index contributed by atoms with van der Waals surface area (Å²) in [4.78, 5) is 16.4. The Labute approximate surface area is 137 Å². The van der Waals surface area contributed by atoms with Gasteiger partial charge < -0.3 is 10.1 Å². The molecule has 1 N–H and O–H groups in total. The van der Waals surface area contributed by atoms with E-state index in [0.29, 0.717) is 0 Å². The van der Waals surface area contributed by atoms with Gasteiger partial charge in [-0.3, -0.25) is 4.79 Å². The molecule has 0 radical (unpaired) electrons. The predicted octanol–water partition coefficient (Wildman–Crippen LogP) is 3.91. The zero-order valence-corrected chi connectivity index (χ0v) is 14.5.